The van der Waals surface area contributed by atoms with Gasteiger partial charge in [-0.05, 0) is 42.3 Å². The zero-order valence-corrected chi connectivity index (χ0v) is 14.0. The molecule has 0 amide bonds. The lowest BCUT2D eigenvalue weighted by Gasteiger charge is -2.20. The second-order valence-corrected chi connectivity index (χ2v) is 7.59. The lowest BCUT2D eigenvalue weighted by molar-refractivity contribution is -0.384. The molecule has 0 saturated heterocycles. The lowest BCUT2D eigenvalue weighted by atomic mass is 10.1. The topological polar surface area (TPSA) is 89.8 Å². The van der Waals surface area contributed by atoms with Crippen LogP contribution in [0.1, 0.15) is 5.56 Å². The van der Waals surface area contributed by atoms with Gasteiger partial charge in [-0.1, -0.05) is 0 Å². The van der Waals surface area contributed by atoms with E-state index in [4.69, 9.17) is 4.74 Å². The molecule has 1 heterocycles. The molecule has 0 aromatic heterocycles. The van der Waals surface area contributed by atoms with Gasteiger partial charge in [0.05, 0.1) is 16.9 Å². The summed E-state index contributed by atoms with van der Waals surface area (Å²) in [7, 11) is -1.92. The number of rotatable bonds is 4. The van der Waals surface area contributed by atoms with Crippen molar-refractivity contribution in [2.45, 2.75) is 11.3 Å². The second kappa shape index (κ2) is 5.79. The van der Waals surface area contributed by atoms with Crippen molar-refractivity contribution in [1.82, 2.24) is 0 Å². The Morgan fingerprint density at radius 2 is 1.88 bits per heavy atom. The molecule has 0 bridgehead atoms. The molecule has 0 saturated carbocycles. The number of sulfone groups is 1. The van der Waals surface area contributed by atoms with Crippen molar-refractivity contribution in [1.29, 1.82) is 0 Å². The number of nitro benzene ring substituents is 1. The van der Waals surface area contributed by atoms with Crippen molar-refractivity contribution in [2.24, 2.45) is 0 Å². The maximum absolute atomic E-state index is 11.7. The first kappa shape index (κ1) is 16.3. The van der Waals surface area contributed by atoms with E-state index in [1.54, 1.807) is 13.2 Å². The molecule has 0 radical (unpaired) electrons. The zero-order chi connectivity index (χ0) is 17.5. The van der Waals surface area contributed by atoms with E-state index in [9.17, 15) is 18.5 Å². The number of fused-ring (bicyclic) bond motifs is 1. The van der Waals surface area contributed by atoms with Gasteiger partial charge in [0, 0.05) is 24.6 Å². The molecule has 0 fully saturated rings. The molecule has 0 spiro atoms. The van der Waals surface area contributed by atoms with Crippen LogP contribution in [0.3, 0.4) is 0 Å². The standard InChI is InChI=1S/C16H16N2O5S/c1-23-12-3-5-14-11(9-12)7-8-17(14)15-6-4-13(24(2,21)22)10-16(15)18(19)20/h3-6,9-10H,7-8H2,1-2H3. The van der Waals surface area contributed by atoms with E-state index in [-0.39, 0.29) is 10.6 Å². The molecule has 0 aliphatic carbocycles. The summed E-state index contributed by atoms with van der Waals surface area (Å²) in [6.45, 7) is 0.585. The third-order valence-corrected chi connectivity index (χ3v) is 5.15. The largest absolute Gasteiger partial charge is 0.497 e. The van der Waals surface area contributed by atoms with Crippen LogP contribution in [-0.2, 0) is 16.3 Å². The van der Waals surface area contributed by atoms with Crippen LogP contribution in [-0.4, -0.2) is 33.3 Å². The predicted molar refractivity (Wildman–Crippen MR) is 89.9 cm³/mol. The highest BCUT2D eigenvalue weighted by Gasteiger charge is 2.28. The highest BCUT2D eigenvalue weighted by atomic mass is 32.2. The minimum atomic E-state index is -3.51. The van der Waals surface area contributed by atoms with Crippen LogP contribution in [0.2, 0.25) is 0 Å². The highest BCUT2D eigenvalue weighted by molar-refractivity contribution is 7.90. The van der Waals surface area contributed by atoms with Crippen molar-refractivity contribution in [2.75, 3.05) is 24.8 Å². The molecule has 8 heteroatoms. The van der Waals surface area contributed by atoms with E-state index in [0.717, 1.165) is 35.7 Å². The molecule has 24 heavy (non-hydrogen) atoms. The first-order chi connectivity index (χ1) is 11.3. The van der Waals surface area contributed by atoms with Crippen LogP contribution >= 0.6 is 0 Å². The van der Waals surface area contributed by atoms with Crippen LogP contribution in [0.15, 0.2) is 41.3 Å². The molecule has 126 valence electrons. The normalized spacial score (nSPS) is 13.7. The maximum atomic E-state index is 11.7. The molecular formula is C16H16N2O5S. The molecule has 7 nitrogen and oxygen atoms in total. The Morgan fingerprint density at radius 3 is 2.50 bits per heavy atom. The number of hydrogen-bond donors (Lipinski definition) is 0. The first-order valence-corrected chi connectivity index (χ1v) is 9.13. The molecule has 3 rings (SSSR count). The van der Waals surface area contributed by atoms with Crippen LogP contribution in [0, 0.1) is 10.1 Å². The Kier molecular flexibility index (Phi) is 3.92. The summed E-state index contributed by atoms with van der Waals surface area (Å²) in [5.41, 5.74) is 2.07. The summed E-state index contributed by atoms with van der Waals surface area (Å²) in [5.74, 6) is 0.734. The second-order valence-electron chi connectivity index (χ2n) is 5.58. The summed E-state index contributed by atoms with van der Waals surface area (Å²) in [6.07, 6.45) is 1.76. The summed E-state index contributed by atoms with van der Waals surface area (Å²) in [6, 6.07) is 9.58. The minimum Gasteiger partial charge on any atom is -0.497 e. The van der Waals surface area contributed by atoms with Crippen LogP contribution < -0.4 is 9.64 Å². The molecular weight excluding hydrogens is 332 g/mol. The molecule has 1 aliphatic rings. The number of ether oxygens (including phenoxy) is 1. The van der Waals surface area contributed by atoms with E-state index in [2.05, 4.69) is 0 Å². The first-order valence-electron chi connectivity index (χ1n) is 7.24. The third kappa shape index (κ3) is 2.80. The Labute approximate surface area is 139 Å². The number of benzene rings is 2. The van der Waals surface area contributed by atoms with Gasteiger partial charge in [0.2, 0.25) is 0 Å². The van der Waals surface area contributed by atoms with Gasteiger partial charge in [-0.2, -0.15) is 0 Å². The Balaban J connectivity index is 2.10. The highest BCUT2D eigenvalue weighted by Crippen LogP contribution is 2.41. The Bertz CT molecular complexity index is 924. The SMILES string of the molecule is COc1ccc2c(c1)CCN2c1ccc(S(C)(=O)=O)cc1[N+](=O)[O-]. The van der Waals surface area contributed by atoms with E-state index < -0.39 is 14.8 Å². The van der Waals surface area contributed by atoms with Crippen LogP contribution in [0.4, 0.5) is 17.1 Å². The number of nitrogens with zero attached hydrogens (tertiary/aromatic N) is 2. The number of nitro groups is 1. The van der Waals surface area contributed by atoms with Gasteiger partial charge in [0.25, 0.3) is 5.69 Å². The van der Waals surface area contributed by atoms with E-state index in [0.29, 0.717) is 12.2 Å². The van der Waals surface area contributed by atoms with Gasteiger partial charge in [0.1, 0.15) is 11.4 Å². The fraction of sp³-hybridized carbons (Fsp3) is 0.250. The number of anilines is 2. The van der Waals surface area contributed by atoms with Gasteiger partial charge >= 0.3 is 0 Å². The molecule has 2 aromatic carbocycles. The van der Waals surface area contributed by atoms with Crippen molar-refractivity contribution in [3.63, 3.8) is 0 Å². The number of methoxy groups -OCH3 is 1. The van der Waals surface area contributed by atoms with Gasteiger partial charge in [-0.25, -0.2) is 8.42 Å². The molecule has 2 aromatic rings. The Morgan fingerprint density at radius 1 is 1.17 bits per heavy atom. The van der Waals surface area contributed by atoms with Gasteiger partial charge in [0.15, 0.2) is 9.84 Å². The molecule has 0 atom stereocenters. The summed E-state index contributed by atoms with van der Waals surface area (Å²) >= 11 is 0. The zero-order valence-electron chi connectivity index (χ0n) is 13.2. The van der Waals surface area contributed by atoms with Crippen molar-refractivity contribution < 1.29 is 18.1 Å². The van der Waals surface area contributed by atoms with Gasteiger partial charge in [-0.15, -0.1) is 0 Å². The van der Waals surface area contributed by atoms with Crippen molar-refractivity contribution >= 4 is 26.9 Å². The summed E-state index contributed by atoms with van der Waals surface area (Å²) in [4.78, 5) is 12.7. The quantitative estimate of drug-likeness (QED) is 0.623. The number of hydrogen-bond acceptors (Lipinski definition) is 6. The van der Waals surface area contributed by atoms with E-state index >= 15 is 0 Å². The summed E-state index contributed by atoms with van der Waals surface area (Å²) in [5, 5.41) is 11.4. The van der Waals surface area contributed by atoms with E-state index in [1.807, 2.05) is 17.0 Å². The fourth-order valence-electron chi connectivity index (χ4n) is 2.86. The van der Waals surface area contributed by atoms with Crippen LogP contribution in [0.5, 0.6) is 5.75 Å². The third-order valence-electron chi connectivity index (χ3n) is 4.04. The minimum absolute atomic E-state index is 0.0629. The van der Waals surface area contributed by atoms with Crippen molar-refractivity contribution in [3.8, 4) is 5.75 Å². The Hall–Kier alpha value is -2.61. The molecule has 1 aliphatic heterocycles. The van der Waals surface area contributed by atoms with Crippen LogP contribution in [0.25, 0.3) is 0 Å². The van der Waals surface area contributed by atoms with Gasteiger partial charge < -0.3 is 9.64 Å². The lowest BCUT2D eigenvalue weighted by Crippen LogP contribution is -2.15. The van der Waals surface area contributed by atoms with Gasteiger partial charge in [-0.3, -0.25) is 10.1 Å². The monoisotopic (exact) mass is 348 g/mol. The average molecular weight is 348 g/mol. The van der Waals surface area contributed by atoms with Crippen molar-refractivity contribution in [3.05, 3.63) is 52.1 Å². The fourth-order valence-corrected chi connectivity index (χ4v) is 3.50. The molecule has 0 N–H and O–H groups in total. The average Bonchev–Trinajstić information content (AvgIpc) is 2.96. The predicted octanol–water partition coefficient (Wildman–Crippen LogP) is 2.70. The summed E-state index contributed by atoms with van der Waals surface area (Å²) < 4.78 is 28.5. The van der Waals surface area contributed by atoms with E-state index in [1.165, 1.54) is 12.1 Å². The maximum Gasteiger partial charge on any atom is 0.294 e. The smallest absolute Gasteiger partial charge is 0.294 e. The molecule has 0 unspecified atom stereocenters.